The molecule has 7 nitrogen and oxygen atoms in total. The number of nitrogens with one attached hydrogen (secondary N) is 1. The van der Waals surface area contributed by atoms with Gasteiger partial charge in [-0.25, -0.2) is 10.1 Å². The van der Waals surface area contributed by atoms with E-state index in [1.54, 1.807) is 37.4 Å². The van der Waals surface area contributed by atoms with Gasteiger partial charge in [0.25, 0.3) is 11.5 Å². The van der Waals surface area contributed by atoms with Gasteiger partial charge in [-0.2, -0.15) is 10.2 Å². The first-order valence-electron chi connectivity index (χ1n) is 8.62. The van der Waals surface area contributed by atoms with Crippen LogP contribution in [-0.4, -0.2) is 36.0 Å². The van der Waals surface area contributed by atoms with Gasteiger partial charge in [0.15, 0.2) is 5.69 Å². The maximum absolute atomic E-state index is 12.6. The number of aryl methyl sites for hydroxylation is 1. The highest BCUT2D eigenvalue weighted by atomic mass is 16.2. The number of fused-ring (bicyclic) bond motifs is 1. The first-order valence-corrected chi connectivity index (χ1v) is 8.62. The molecule has 0 saturated carbocycles. The zero-order valence-electron chi connectivity index (χ0n) is 15.5. The molecule has 0 bridgehead atoms. The van der Waals surface area contributed by atoms with Gasteiger partial charge in [0.2, 0.25) is 0 Å². The fourth-order valence-corrected chi connectivity index (χ4v) is 2.69. The topological polar surface area (TPSA) is 79.6 Å². The number of anilines is 1. The summed E-state index contributed by atoms with van der Waals surface area (Å²) in [7, 11) is 3.94. The highest BCUT2D eigenvalue weighted by Crippen LogP contribution is 2.13. The summed E-state index contributed by atoms with van der Waals surface area (Å²) in [6, 6.07) is 14.7. The van der Waals surface area contributed by atoms with Crippen molar-refractivity contribution in [2.24, 2.45) is 5.10 Å². The van der Waals surface area contributed by atoms with Crippen molar-refractivity contribution < 1.29 is 4.79 Å². The third-order valence-corrected chi connectivity index (χ3v) is 4.17. The molecule has 0 radical (unpaired) electrons. The zero-order chi connectivity index (χ0) is 19.4. The lowest BCUT2D eigenvalue weighted by atomic mass is 10.1. The fourth-order valence-electron chi connectivity index (χ4n) is 2.69. The van der Waals surface area contributed by atoms with E-state index in [9.17, 15) is 9.59 Å². The van der Waals surface area contributed by atoms with Gasteiger partial charge in [0, 0.05) is 31.7 Å². The molecule has 7 heteroatoms. The Morgan fingerprint density at radius 2 is 1.81 bits per heavy atom. The Morgan fingerprint density at radius 3 is 2.44 bits per heavy atom. The minimum Gasteiger partial charge on any atom is -0.378 e. The first kappa shape index (κ1) is 18.3. The van der Waals surface area contributed by atoms with Crippen LogP contribution < -0.4 is 15.9 Å². The van der Waals surface area contributed by atoms with E-state index in [1.807, 2.05) is 43.3 Å². The third-order valence-electron chi connectivity index (χ3n) is 4.17. The third kappa shape index (κ3) is 3.87. The van der Waals surface area contributed by atoms with Gasteiger partial charge in [-0.15, -0.1) is 0 Å². The average Bonchev–Trinajstić information content (AvgIpc) is 2.69. The minimum atomic E-state index is -0.463. The Kier molecular flexibility index (Phi) is 5.30. The molecule has 138 valence electrons. The Morgan fingerprint density at radius 1 is 1.15 bits per heavy atom. The number of nitrogens with zero attached hydrogens (tertiary/aromatic N) is 4. The minimum absolute atomic E-state index is 0.173. The van der Waals surface area contributed by atoms with Gasteiger partial charge in [-0.1, -0.05) is 30.3 Å². The molecule has 0 aliphatic carbocycles. The van der Waals surface area contributed by atoms with E-state index in [0.29, 0.717) is 17.3 Å². The number of amides is 1. The lowest BCUT2D eigenvalue weighted by molar-refractivity contribution is 0.0949. The molecule has 0 atom stereocenters. The quantitative estimate of drug-likeness (QED) is 0.557. The monoisotopic (exact) mass is 363 g/mol. The smallest absolute Gasteiger partial charge is 0.292 e. The number of aromatic nitrogens is 2. The maximum Gasteiger partial charge on any atom is 0.292 e. The van der Waals surface area contributed by atoms with Crippen LogP contribution in [0.4, 0.5) is 5.69 Å². The summed E-state index contributed by atoms with van der Waals surface area (Å²) in [5.74, 6) is -0.463. The van der Waals surface area contributed by atoms with Crippen molar-refractivity contribution in [1.82, 2.24) is 15.2 Å². The van der Waals surface area contributed by atoms with E-state index in [2.05, 4.69) is 15.6 Å². The van der Waals surface area contributed by atoms with Crippen LogP contribution in [0.15, 0.2) is 58.4 Å². The standard InChI is InChI=1S/C20H21N5O2/c1-4-25-20(27)17-8-6-5-7-16(17)18(23-25)19(26)22-21-13-14-9-11-15(12-10-14)24(2)3/h5-13H,4H2,1-3H3,(H,22,26)/b21-13+. The molecule has 0 fully saturated rings. The summed E-state index contributed by atoms with van der Waals surface area (Å²) in [5.41, 5.74) is 4.39. The van der Waals surface area contributed by atoms with Crippen molar-refractivity contribution in [3.63, 3.8) is 0 Å². The van der Waals surface area contributed by atoms with Crippen molar-refractivity contribution in [2.75, 3.05) is 19.0 Å². The second-order valence-corrected chi connectivity index (χ2v) is 6.20. The largest absolute Gasteiger partial charge is 0.378 e. The number of hydrogen-bond acceptors (Lipinski definition) is 5. The van der Waals surface area contributed by atoms with Crippen molar-refractivity contribution in [3.8, 4) is 0 Å². The van der Waals surface area contributed by atoms with E-state index in [-0.39, 0.29) is 11.3 Å². The normalized spacial score (nSPS) is 11.1. The van der Waals surface area contributed by atoms with Crippen LogP contribution in [0.25, 0.3) is 10.8 Å². The van der Waals surface area contributed by atoms with Gasteiger partial charge in [0.05, 0.1) is 11.6 Å². The van der Waals surface area contributed by atoms with Gasteiger partial charge >= 0.3 is 0 Å². The van der Waals surface area contributed by atoms with E-state index < -0.39 is 5.91 Å². The SMILES string of the molecule is CCn1nc(C(=O)N/N=C/c2ccc(N(C)C)cc2)c2ccccc2c1=O. The zero-order valence-corrected chi connectivity index (χ0v) is 15.5. The first-order chi connectivity index (χ1) is 13.0. The summed E-state index contributed by atoms with van der Waals surface area (Å²) >= 11 is 0. The number of carbonyl (C=O) groups is 1. The molecular formula is C20H21N5O2. The molecular weight excluding hydrogens is 342 g/mol. The number of hydrogen-bond donors (Lipinski definition) is 1. The van der Waals surface area contributed by atoms with Crippen LogP contribution in [-0.2, 0) is 6.54 Å². The number of rotatable bonds is 5. The summed E-state index contributed by atoms with van der Waals surface area (Å²) in [4.78, 5) is 26.9. The Balaban J connectivity index is 1.84. The molecule has 1 N–H and O–H groups in total. The molecule has 27 heavy (non-hydrogen) atoms. The summed E-state index contributed by atoms with van der Waals surface area (Å²) in [5, 5.41) is 9.17. The number of carbonyl (C=O) groups excluding carboxylic acids is 1. The van der Waals surface area contributed by atoms with Gasteiger partial charge in [-0.05, 0) is 30.7 Å². The van der Waals surface area contributed by atoms with Crippen LogP contribution in [0.3, 0.4) is 0 Å². The van der Waals surface area contributed by atoms with Crippen LogP contribution >= 0.6 is 0 Å². The predicted molar refractivity (Wildman–Crippen MR) is 108 cm³/mol. The second kappa shape index (κ2) is 7.82. The molecule has 1 heterocycles. The van der Waals surface area contributed by atoms with Crippen LogP contribution in [0.5, 0.6) is 0 Å². The summed E-state index contributed by atoms with van der Waals surface area (Å²) < 4.78 is 1.28. The molecule has 0 aliphatic rings. The second-order valence-electron chi connectivity index (χ2n) is 6.20. The highest BCUT2D eigenvalue weighted by Gasteiger charge is 2.15. The van der Waals surface area contributed by atoms with Crippen LogP contribution in [0, 0.1) is 0 Å². The molecule has 0 unspecified atom stereocenters. The Bertz CT molecular complexity index is 1050. The molecule has 3 rings (SSSR count). The predicted octanol–water partition coefficient (Wildman–Crippen LogP) is 2.25. The van der Waals surface area contributed by atoms with Gasteiger partial charge < -0.3 is 4.90 Å². The van der Waals surface area contributed by atoms with Crippen molar-refractivity contribution in [1.29, 1.82) is 0 Å². The van der Waals surface area contributed by atoms with E-state index in [4.69, 9.17) is 0 Å². The number of benzene rings is 2. The highest BCUT2D eigenvalue weighted by molar-refractivity contribution is 6.04. The molecule has 1 amide bonds. The molecule has 2 aromatic carbocycles. The van der Waals surface area contributed by atoms with Gasteiger partial charge in [0.1, 0.15) is 0 Å². The van der Waals surface area contributed by atoms with E-state index >= 15 is 0 Å². The average molecular weight is 363 g/mol. The molecule has 3 aromatic rings. The van der Waals surface area contributed by atoms with E-state index in [0.717, 1.165) is 11.3 Å². The Labute approximate surface area is 156 Å². The van der Waals surface area contributed by atoms with Crippen molar-refractivity contribution >= 4 is 28.6 Å². The molecule has 0 aliphatic heterocycles. The molecule has 1 aromatic heterocycles. The van der Waals surface area contributed by atoms with Crippen molar-refractivity contribution in [3.05, 3.63) is 70.1 Å². The number of hydrazone groups is 1. The molecule has 0 spiro atoms. The summed E-state index contributed by atoms with van der Waals surface area (Å²) in [6.07, 6.45) is 1.56. The van der Waals surface area contributed by atoms with Gasteiger partial charge in [-0.3, -0.25) is 9.59 Å². The van der Waals surface area contributed by atoms with Crippen LogP contribution in [0.2, 0.25) is 0 Å². The van der Waals surface area contributed by atoms with E-state index in [1.165, 1.54) is 4.68 Å². The fraction of sp³-hybridized carbons (Fsp3) is 0.200. The summed E-state index contributed by atoms with van der Waals surface area (Å²) in [6.45, 7) is 2.19. The molecule has 0 saturated heterocycles. The van der Waals surface area contributed by atoms with Crippen LogP contribution in [0.1, 0.15) is 23.0 Å². The lowest BCUT2D eigenvalue weighted by Crippen LogP contribution is -2.28. The lowest BCUT2D eigenvalue weighted by Gasteiger charge is -2.11. The maximum atomic E-state index is 12.6. The Hall–Kier alpha value is -3.48. The van der Waals surface area contributed by atoms with Crippen molar-refractivity contribution in [2.45, 2.75) is 13.5 Å².